The van der Waals surface area contributed by atoms with Crippen LogP contribution in [0.25, 0.3) is 11.0 Å². The number of hydrogen-bond acceptors (Lipinski definition) is 6. The van der Waals surface area contributed by atoms with Gasteiger partial charge in [0.2, 0.25) is 5.91 Å². The molecule has 0 bridgehead atoms. The van der Waals surface area contributed by atoms with Crippen molar-refractivity contribution in [1.82, 2.24) is 10.2 Å². The Morgan fingerprint density at radius 3 is 2.53 bits per heavy atom. The standard InChI is InChI=1S/C27H31N3O6/c1-16-23(20-13-19(10-11-22(20)35-16)34-15-17-8-6-5-7-9-17)25(32)29-18-12-21(24(28)31)30(14-18)26(33)36-27(2,3)4/h5-11,13,18,21H,12,14-15H2,1-4H3,(H2,28,31)(H,29,32)/t18-,21+/m1/s1. The van der Waals surface area contributed by atoms with Gasteiger partial charge in [-0.25, -0.2) is 4.79 Å². The number of likely N-dealkylation sites (tertiary alicyclic amines) is 1. The third kappa shape index (κ3) is 5.62. The lowest BCUT2D eigenvalue weighted by Crippen LogP contribution is -2.46. The van der Waals surface area contributed by atoms with Gasteiger partial charge < -0.3 is 24.9 Å². The molecule has 3 N–H and O–H groups in total. The molecule has 1 aromatic heterocycles. The van der Waals surface area contributed by atoms with E-state index in [1.165, 1.54) is 4.90 Å². The second kappa shape index (κ2) is 9.93. The van der Waals surface area contributed by atoms with Gasteiger partial charge in [-0.3, -0.25) is 14.5 Å². The summed E-state index contributed by atoms with van der Waals surface area (Å²) in [5.74, 6) is 0.0385. The summed E-state index contributed by atoms with van der Waals surface area (Å²) < 4.78 is 17.1. The smallest absolute Gasteiger partial charge is 0.411 e. The summed E-state index contributed by atoms with van der Waals surface area (Å²) in [6, 6.07) is 13.8. The van der Waals surface area contributed by atoms with Gasteiger partial charge in [0, 0.05) is 18.0 Å². The van der Waals surface area contributed by atoms with Crippen molar-refractivity contribution in [3.8, 4) is 5.75 Å². The first-order chi connectivity index (χ1) is 17.0. The molecule has 0 radical (unpaired) electrons. The molecule has 0 aliphatic carbocycles. The van der Waals surface area contributed by atoms with Crippen LogP contribution in [0.15, 0.2) is 52.9 Å². The number of nitrogens with zero attached hydrogens (tertiary/aromatic N) is 1. The molecule has 2 aromatic carbocycles. The van der Waals surface area contributed by atoms with Crippen LogP contribution in [0.2, 0.25) is 0 Å². The van der Waals surface area contributed by atoms with Gasteiger partial charge in [-0.1, -0.05) is 30.3 Å². The molecule has 1 aliphatic heterocycles. The minimum Gasteiger partial charge on any atom is -0.489 e. The number of amides is 3. The largest absolute Gasteiger partial charge is 0.489 e. The Balaban J connectivity index is 1.50. The van der Waals surface area contributed by atoms with Crippen molar-refractivity contribution in [2.75, 3.05) is 6.54 Å². The van der Waals surface area contributed by atoms with Gasteiger partial charge in [0.05, 0.1) is 5.56 Å². The number of primary amides is 1. The first-order valence-electron chi connectivity index (χ1n) is 11.8. The molecular weight excluding hydrogens is 462 g/mol. The zero-order valence-corrected chi connectivity index (χ0v) is 20.9. The minimum absolute atomic E-state index is 0.106. The highest BCUT2D eigenvalue weighted by atomic mass is 16.6. The lowest BCUT2D eigenvalue weighted by Gasteiger charge is -2.27. The SMILES string of the molecule is Cc1oc2ccc(OCc3ccccc3)cc2c1C(=O)N[C@@H]1C[C@@H](C(N)=O)N(C(=O)OC(C)(C)C)C1. The van der Waals surface area contributed by atoms with Crippen LogP contribution in [0, 0.1) is 6.92 Å². The minimum atomic E-state index is -0.870. The maximum atomic E-state index is 13.3. The normalized spacial score (nSPS) is 17.7. The lowest BCUT2D eigenvalue weighted by atomic mass is 10.1. The molecule has 0 unspecified atom stereocenters. The molecule has 1 fully saturated rings. The van der Waals surface area contributed by atoms with Crippen LogP contribution in [0.1, 0.15) is 48.9 Å². The average molecular weight is 494 g/mol. The maximum absolute atomic E-state index is 13.3. The van der Waals surface area contributed by atoms with Gasteiger partial charge in [-0.05, 0) is 57.9 Å². The summed E-state index contributed by atoms with van der Waals surface area (Å²) in [7, 11) is 0. The highest BCUT2D eigenvalue weighted by Gasteiger charge is 2.41. The summed E-state index contributed by atoms with van der Waals surface area (Å²) in [4.78, 5) is 39.2. The summed E-state index contributed by atoms with van der Waals surface area (Å²) >= 11 is 0. The molecule has 4 rings (SSSR count). The van der Waals surface area contributed by atoms with Crippen molar-refractivity contribution in [2.24, 2.45) is 5.73 Å². The van der Waals surface area contributed by atoms with Gasteiger partial charge in [0.1, 0.15) is 35.3 Å². The van der Waals surface area contributed by atoms with Crippen LogP contribution in [-0.4, -0.2) is 47.0 Å². The second-order valence-electron chi connectivity index (χ2n) is 9.92. The van der Waals surface area contributed by atoms with Crippen molar-refractivity contribution >= 4 is 28.9 Å². The zero-order chi connectivity index (χ0) is 26.0. The van der Waals surface area contributed by atoms with E-state index in [1.54, 1.807) is 45.9 Å². The van der Waals surface area contributed by atoms with E-state index in [0.29, 0.717) is 34.6 Å². The zero-order valence-electron chi connectivity index (χ0n) is 20.9. The van der Waals surface area contributed by atoms with Gasteiger partial charge in [0.15, 0.2) is 0 Å². The molecule has 2 atom stereocenters. The number of hydrogen-bond donors (Lipinski definition) is 2. The van der Waals surface area contributed by atoms with E-state index >= 15 is 0 Å². The fraction of sp³-hybridized carbons (Fsp3) is 0.370. The van der Waals surface area contributed by atoms with Crippen molar-refractivity contribution in [3.63, 3.8) is 0 Å². The highest BCUT2D eigenvalue weighted by Crippen LogP contribution is 2.30. The number of carbonyl (C=O) groups excluding carboxylic acids is 3. The predicted molar refractivity (Wildman–Crippen MR) is 134 cm³/mol. The predicted octanol–water partition coefficient (Wildman–Crippen LogP) is 3.91. The Kier molecular flexibility index (Phi) is 6.92. The van der Waals surface area contributed by atoms with Crippen molar-refractivity contribution in [2.45, 2.75) is 58.4 Å². The molecule has 2 heterocycles. The van der Waals surface area contributed by atoms with Crippen LogP contribution in [-0.2, 0) is 16.1 Å². The van der Waals surface area contributed by atoms with E-state index < -0.39 is 29.7 Å². The first-order valence-corrected chi connectivity index (χ1v) is 11.8. The molecular formula is C27H31N3O6. The summed E-state index contributed by atoms with van der Waals surface area (Å²) in [5, 5.41) is 3.54. The van der Waals surface area contributed by atoms with Crippen molar-refractivity contribution in [1.29, 1.82) is 0 Å². The number of furan rings is 1. The van der Waals surface area contributed by atoms with E-state index in [4.69, 9.17) is 19.6 Å². The van der Waals surface area contributed by atoms with Crippen molar-refractivity contribution < 1.29 is 28.3 Å². The lowest BCUT2D eigenvalue weighted by molar-refractivity contribution is -0.122. The number of carbonyl (C=O) groups is 3. The van der Waals surface area contributed by atoms with Crippen LogP contribution >= 0.6 is 0 Å². The fourth-order valence-electron chi connectivity index (χ4n) is 4.30. The number of nitrogens with two attached hydrogens (primary N) is 1. The number of ether oxygens (including phenoxy) is 2. The highest BCUT2D eigenvalue weighted by molar-refractivity contribution is 6.07. The van der Waals surface area contributed by atoms with Gasteiger partial charge >= 0.3 is 6.09 Å². The number of nitrogens with one attached hydrogen (secondary N) is 1. The van der Waals surface area contributed by atoms with E-state index in [-0.39, 0.29) is 18.9 Å². The Morgan fingerprint density at radius 2 is 1.86 bits per heavy atom. The van der Waals surface area contributed by atoms with E-state index in [2.05, 4.69) is 5.32 Å². The summed E-state index contributed by atoms with van der Waals surface area (Å²) in [5.41, 5.74) is 6.76. The molecule has 0 saturated carbocycles. The quantitative estimate of drug-likeness (QED) is 0.537. The molecule has 1 saturated heterocycles. The third-order valence-corrected chi connectivity index (χ3v) is 5.90. The topological polar surface area (TPSA) is 124 Å². The second-order valence-corrected chi connectivity index (χ2v) is 9.92. The van der Waals surface area contributed by atoms with Gasteiger partial charge in [-0.15, -0.1) is 0 Å². The number of aryl methyl sites for hydroxylation is 1. The third-order valence-electron chi connectivity index (χ3n) is 5.90. The average Bonchev–Trinajstić information content (AvgIpc) is 3.37. The molecule has 3 amide bonds. The molecule has 36 heavy (non-hydrogen) atoms. The molecule has 0 spiro atoms. The Hall–Kier alpha value is -4.01. The fourth-order valence-corrected chi connectivity index (χ4v) is 4.30. The van der Waals surface area contributed by atoms with Crippen LogP contribution in [0.3, 0.4) is 0 Å². The van der Waals surface area contributed by atoms with Crippen molar-refractivity contribution in [3.05, 3.63) is 65.4 Å². The first kappa shape index (κ1) is 25.1. The van der Waals surface area contributed by atoms with E-state index in [0.717, 1.165) is 5.56 Å². The molecule has 190 valence electrons. The molecule has 9 heteroatoms. The van der Waals surface area contributed by atoms with Gasteiger partial charge in [-0.2, -0.15) is 0 Å². The Labute approximate surface area is 209 Å². The van der Waals surface area contributed by atoms with Crippen LogP contribution in [0.4, 0.5) is 4.79 Å². The molecule has 9 nitrogen and oxygen atoms in total. The number of fused-ring (bicyclic) bond motifs is 1. The monoisotopic (exact) mass is 493 g/mol. The number of rotatable bonds is 6. The Morgan fingerprint density at radius 1 is 1.14 bits per heavy atom. The van der Waals surface area contributed by atoms with Crippen LogP contribution < -0.4 is 15.8 Å². The number of benzene rings is 2. The van der Waals surface area contributed by atoms with E-state index in [1.807, 2.05) is 30.3 Å². The molecule has 3 aromatic rings. The molecule has 1 aliphatic rings. The van der Waals surface area contributed by atoms with Crippen LogP contribution in [0.5, 0.6) is 5.75 Å². The summed E-state index contributed by atoms with van der Waals surface area (Å²) in [6.45, 7) is 7.43. The maximum Gasteiger partial charge on any atom is 0.411 e. The summed E-state index contributed by atoms with van der Waals surface area (Å²) in [6.07, 6.45) is -0.450. The Bertz CT molecular complexity index is 1280. The van der Waals surface area contributed by atoms with E-state index in [9.17, 15) is 14.4 Å². The van der Waals surface area contributed by atoms with Gasteiger partial charge in [0.25, 0.3) is 5.91 Å².